The molecule has 4 rings (SSSR count). The zero-order chi connectivity index (χ0) is 21.3. The van der Waals surface area contributed by atoms with Crippen LogP contribution in [0.4, 0.5) is 15.0 Å². The summed E-state index contributed by atoms with van der Waals surface area (Å²) in [5.74, 6) is 0.842. The molecule has 152 valence electrons. The van der Waals surface area contributed by atoms with E-state index >= 15 is 0 Å². The minimum atomic E-state index is -1.01. The lowest BCUT2D eigenvalue weighted by atomic mass is 10.0. The highest BCUT2D eigenvalue weighted by Crippen LogP contribution is 2.31. The number of aryl methyl sites for hydroxylation is 1. The van der Waals surface area contributed by atoms with E-state index in [4.69, 9.17) is 10.5 Å². The van der Waals surface area contributed by atoms with Crippen LogP contribution in [-0.2, 0) is 4.74 Å². The normalized spacial score (nSPS) is 15.7. The molecule has 8 nitrogen and oxygen atoms in total. The third kappa shape index (κ3) is 3.95. The summed E-state index contributed by atoms with van der Waals surface area (Å²) in [6, 6.07) is 11.5. The lowest BCUT2D eigenvalue weighted by molar-refractivity contribution is 0.122. The van der Waals surface area contributed by atoms with Gasteiger partial charge in [0.1, 0.15) is 11.7 Å². The number of aliphatic imine (C=N–C) groups is 1. The standard InChI is InChI=1S/C21H19FN6O2/c1-11-9-13(22)7-8-14(11)18(30-21(23)29)20-24-16-6-4-3-5-15(16)19(26-20)25-17-10-12(2)27-28-17/h3-9,18H,10H2,1-2H3,(H2,23,29)(H,24,25,26,28). The number of nitrogens with two attached hydrogens (primary N) is 1. The lowest BCUT2D eigenvalue weighted by Crippen LogP contribution is -2.21. The van der Waals surface area contributed by atoms with Crippen LogP contribution in [0.1, 0.15) is 36.4 Å². The van der Waals surface area contributed by atoms with Crippen LogP contribution < -0.4 is 11.2 Å². The molecule has 2 aromatic carbocycles. The molecule has 0 fully saturated rings. The quantitative estimate of drug-likeness (QED) is 0.686. The van der Waals surface area contributed by atoms with Crippen molar-refractivity contribution in [2.45, 2.75) is 26.4 Å². The van der Waals surface area contributed by atoms with E-state index in [1.54, 1.807) is 6.92 Å². The summed E-state index contributed by atoms with van der Waals surface area (Å²) in [7, 11) is 0. The summed E-state index contributed by atoms with van der Waals surface area (Å²) in [6.45, 7) is 3.60. The van der Waals surface area contributed by atoms with Crippen molar-refractivity contribution < 1.29 is 13.9 Å². The number of fused-ring (bicyclic) bond motifs is 1. The number of rotatable bonds is 4. The van der Waals surface area contributed by atoms with Crippen molar-refractivity contribution in [1.82, 2.24) is 15.4 Å². The number of ether oxygens (including phenoxy) is 1. The predicted octanol–water partition coefficient (Wildman–Crippen LogP) is 3.66. The van der Waals surface area contributed by atoms with E-state index in [2.05, 4.69) is 25.5 Å². The molecule has 0 saturated heterocycles. The number of carbonyl (C=O) groups excluding carboxylic acids is 1. The molecule has 1 aliphatic heterocycles. The molecule has 3 aromatic rings. The van der Waals surface area contributed by atoms with Crippen molar-refractivity contribution in [3.63, 3.8) is 0 Å². The van der Waals surface area contributed by atoms with Crippen molar-refractivity contribution in [2.24, 2.45) is 15.8 Å². The van der Waals surface area contributed by atoms with E-state index in [9.17, 15) is 9.18 Å². The maximum atomic E-state index is 13.6. The Labute approximate surface area is 171 Å². The second kappa shape index (κ2) is 7.86. The van der Waals surface area contributed by atoms with Crippen LogP contribution in [-0.4, -0.2) is 27.6 Å². The largest absolute Gasteiger partial charge is 0.433 e. The van der Waals surface area contributed by atoms with Crippen LogP contribution in [0, 0.1) is 12.7 Å². The monoisotopic (exact) mass is 406 g/mol. The summed E-state index contributed by atoms with van der Waals surface area (Å²) >= 11 is 0. The average Bonchev–Trinajstić information content (AvgIpc) is 3.11. The Morgan fingerprint density at radius 2 is 2.03 bits per heavy atom. The van der Waals surface area contributed by atoms with Crippen molar-refractivity contribution in [3.8, 4) is 0 Å². The predicted molar refractivity (Wildman–Crippen MR) is 111 cm³/mol. The maximum absolute atomic E-state index is 13.6. The van der Waals surface area contributed by atoms with Crippen LogP contribution in [0.3, 0.4) is 0 Å². The second-order valence-corrected chi connectivity index (χ2v) is 6.93. The molecule has 3 N–H and O–H groups in total. The molecule has 0 aliphatic carbocycles. The highest BCUT2D eigenvalue weighted by atomic mass is 19.1. The third-order valence-electron chi connectivity index (χ3n) is 4.62. The minimum Gasteiger partial charge on any atom is -0.433 e. The molecule has 1 aromatic heterocycles. The van der Waals surface area contributed by atoms with Crippen LogP contribution in [0.2, 0.25) is 0 Å². The number of amides is 1. The zero-order valence-corrected chi connectivity index (χ0v) is 16.4. The number of hydrazone groups is 1. The SMILES string of the molecule is CC1=NNC(=Nc2nc(C(OC(N)=O)c3ccc(F)cc3C)nc3ccccc23)C1. The Bertz CT molecular complexity index is 1210. The number of carbonyl (C=O) groups is 1. The van der Waals surface area contributed by atoms with Gasteiger partial charge in [-0.2, -0.15) is 5.10 Å². The number of para-hydroxylation sites is 1. The third-order valence-corrected chi connectivity index (χ3v) is 4.62. The number of halogens is 1. The van der Waals surface area contributed by atoms with Crippen LogP contribution in [0.15, 0.2) is 52.6 Å². The van der Waals surface area contributed by atoms with Gasteiger partial charge in [-0.05, 0) is 43.7 Å². The molecule has 1 atom stereocenters. The molecule has 0 bridgehead atoms. The maximum Gasteiger partial charge on any atom is 0.405 e. The van der Waals surface area contributed by atoms with E-state index in [0.29, 0.717) is 34.7 Å². The first kappa shape index (κ1) is 19.4. The molecule has 9 heteroatoms. The number of aromatic nitrogens is 2. The molecule has 1 unspecified atom stereocenters. The fourth-order valence-electron chi connectivity index (χ4n) is 3.26. The van der Waals surface area contributed by atoms with E-state index < -0.39 is 18.0 Å². The molecule has 0 radical (unpaired) electrons. The zero-order valence-electron chi connectivity index (χ0n) is 16.4. The Balaban J connectivity index is 1.88. The molecule has 0 spiro atoms. The molecular formula is C21H19FN6O2. The highest BCUT2D eigenvalue weighted by Gasteiger charge is 2.25. The first-order chi connectivity index (χ1) is 14.4. The van der Waals surface area contributed by atoms with Gasteiger partial charge in [-0.15, -0.1) is 0 Å². The topological polar surface area (TPSA) is 115 Å². The van der Waals surface area contributed by atoms with Crippen molar-refractivity contribution in [3.05, 3.63) is 65.2 Å². The Morgan fingerprint density at radius 1 is 1.23 bits per heavy atom. The first-order valence-electron chi connectivity index (χ1n) is 9.26. The number of amidine groups is 1. The highest BCUT2D eigenvalue weighted by molar-refractivity contribution is 6.07. The molecule has 1 amide bonds. The van der Waals surface area contributed by atoms with Gasteiger partial charge in [0.15, 0.2) is 17.7 Å². The van der Waals surface area contributed by atoms with Gasteiger partial charge in [-0.3, -0.25) is 5.43 Å². The lowest BCUT2D eigenvalue weighted by Gasteiger charge is -2.19. The van der Waals surface area contributed by atoms with Gasteiger partial charge in [0.2, 0.25) is 0 Å². The summed E-state index contributed by atoms with van der Waals surface area (Å²) < 4.78 is 18.9. The van der Waals surface area contributed by atoms with E-state index in [1.165, 1.54) is 18.2 Å². The summed E-state index contributed by atoms with van der Waals surface area (Å²) in [5, 5.41) is 4.86. The van der Waals surface area contributed by atoms with E-state index in [0.717, 1.165) is 11.1 Å². The number of hydrogen-bond acceptors (Lipinski definition) is 6. The number of nitrogens with zero attached hydrogens (tertiary/aromatic N) is 4. The van der Waals surface area contributed by atoms with Gasteiger partial charge in [0.25, 0.3) is 0 Å². The molecule has 0 saturated carbocycles. The van der Waals surface area contributed by atoms with E-state index in [1.807, 2.05) is 31.2 Å². The van der Waals surface area contributed by atoms with Crippen molar-refractivity contribution >= 4 is 34.4 Å². The van der Waals surface area contributed by atoms with Gasteiger partial charge >= 0.3 is 6.09 Å². The fourth-order valence-corrected chi connectivity index (χ4v) is 3.26. The minimum absolute atomic E-state index is 0.192. The van der Waals surface area contributed by atoms with Crippen LogP contribution >= 0.6 is 0 Å². The Kier molecular flexibility index (Phi) is 5.09. The molecule has 30 heavy (non-hydrogen) atoms. The molecule has 2 heterocycles. The van der Waals surface area contributed by atoms with Crippen molar-refractivity contribution in [1.29, 1.82) is 0 Å². The van der Waals surface area contributed by atoms with Gasteiger partial charge < -0.3 is 10.5 Å². The van der Waals surface area contributed by atoms with Gasteiger partial charge in [0.05, 0.1) is 5.52 Å². The fraction of sp³-hybridized carbons (Fsp3) is 0.190. The van der Waals surface area contributed by atoms with Crippen molar-refractivity contribution in [2.75, 3.05) is 0 Å². The second-order valence-electron chi connectivity index (χ2n) is 6.93. The Morgan fingerprint density at radius 3 is 2.73 bits per heavy atom. The van der Waals surface area contributed by atoms with Gasteiger partial charge in [-0.1, -0.05) is 18.2 Å². The summed E-state index contributed by atoms with van der Waals surface area (Å²) in [6.07, 6.45) is -1.43. The van der Waals surface area contributed by atoms with Gasteiger partial charge in [-0.25, -0.2) is 24.1 Å². The number of hydrogen-bond donors (Lipinski definition) is 2. The molecular weight excluding hydrogens is 387 g/mol. The van der Waals surface area contributed by atoms with Gasteiger partial charge in [0, 0.05) is 23.1 Å². The van der Waals surface area contributed by atoms with Crippen LogP contribution in [0.5, 0.6) is 0 Å². The molecule has 1 aliphatic rings. The number of primary amides is 1. The summed E-state index contributed by atoms with van der Waals surface area (Å²) in [5.41, 5.74) is 10.8. The summed E-state index contributed by atoms with van der Waals surface area (Å²) in [4.78, 5) is 25.3. The van der Waals surface area contributed by atoms with Crippen LogP contribution in [0.25, 0.3) is 10.9 Å². The number of benzene rings is 2. The Hall–Kier alpha value is -3.88. The smallest absolute Gasteiger partial charge is 0.405 e. The average molecular weight is 406 g/mol. The first-order valence-corrected chi connectivity index (χ1v) is 9.26. The number of nitrogens with one attached hydrogen (secondary N) is 1. The van der Waals surface area contributed by atoms with E-state index in [-0.39, 0.29) is 5.82 Å².